The zero-order valence-corrected chi connectivity index (χ0v) is 13.1. The van der Waals surface area contributed by atoms with Crippen LogP contribution in [0.15, 0.2) is 23.1 Å². The van der Waals surface area contributed by atoms with Crippen LogP contribution in [0.25, 0.3) is 0 Å². The van der Waals surface area contributed by atoms with Crippen LogP contribution >= 0.6 is 0 Å². The molecular formula is C14H23N3O2S. The van der Waals surface area contributed by atoms with Gasteiger partial charge in [0.25, 0.3) is 0 Å². The molecule has 1 aromatic rings. The maximum absolute atomic E-state index is 12.4. The molecule has 20 heavy (non-hydrogen) atoms. The first-order chi connectivity index (χ1) is 9.42. The minimum Gasteiger partial charge on any atom is -0.316 e. The van der Waals surface area contributed by atoms with Gasteiger partial charge in [0.2, 0.25) is 10.0 Å². The maximum Gasteiger partial charge on any atom is 0.240 e. The molecular weight excluding hydrogens is 274 g/mol. The molecule has 5 nitrogen and oxygen atoms in total. The third-order valence-corrected chi connectivity index (χ3v) is 5.23. The van der Waals surface area contributed by atoms with Crippen LogP contribution in [0.3, 0.4) is 0 Å². The van der Waals surface area contributed by atoms with E-state index >= 15 is 0 Å². The number of sulfonamides is 1. The Labute approximate surface area is 121 Å². The Morgan fingerprint density at radius 2 is 2.15 bits per heavy atom. The smallest absolute Gasteiger partial charge is 0.240 e. The van der Waals surface area contributed by atoms with Gasteiger partial charge in [0, 0.05) is 19.1 Å². The monoisotopic (exact) mass is 297 g/mol. The Bertz CT molecular complexity index is 572. The van der Waals surface area contributed by atoms with Gasteiger partial charge in [-0.2, -0.15) is 0 Å². The highest BCUT2D eigenvalue weighted by molar-refractivity contribution is 7.89. The number of likely N-dealkylation sites (N-methyl/N-ethyl adjacent to an activating group) is 1. The van der Waals surface area contributed by atoms with Crippen LogP contribution in [0.5, 0.6) is 0 Å². The first-order valence-electron chi connectivity index (χ1n) is 6.87. The molecule has 0 amide bonds. The number of rotatable bonds is 5. The predicted molar refractivity (Wildman–Crippen MR) is 80.2 cm³/mol. The molecule has 1 fully saturated rings. The van der Waals surface area contributed by atoms with Crippen molar-refractivity contribution >= 4 is 10.0 Å². The van der Waals surface area contributed by atoms with Crippen LogP contribution in [0, 0.1) is 6.92 Å². The fourth-order valence-corrected chi connectivity index (χ4v) is 3.83. The second kappa shape index (κ2) is 6.22. The van der Waals surface area contributed by atoms with Crippen molar-refractivity contribution in [1.82, 2.24) is 14.9 Å². The normalized spacial score (nSPS) is 20.4. The van der Waals surface area contributed by atoms with Crippen molar-refractivity contribution in [2.75, 3.05) is 27.2 Å². The van der Waals surface area contributed by atoms with Crippen molar-refractivity contribution in [2.45, 2.75) is 30.8 Å². The Balaban J connectivity index is 2.18. The molecule has 1 atom stereocenters. The van der Waals surface area contributed by atoms with Gasteiger partial charge in [-0.3, -0.25) is 0 Å². The summed E-state index contributed by atoms with van der Waals surface area (Å²) in [5, 5.41) is 3.06. The molecule has 1 unspecified atom stereocenters. The molecule has 1 aromatic carbocycles. The Morgan fingerprint density at radius 3 is 2.75 bits per heavy atom. The summed E-state index contributed by atoms with van der Waals surface area (Å²) < 4.78 is 27.6. The number of hydrogen-bond acceptors (Lipinski definition) is 4. The van der Waals surface area contributed by atoms with Crippen LogP contribution in [-0.4, -0.2) is 46.5 Å². The molecule has 0 aliphatic carbocycles. The minimum absolute atomic E-state index is 0.0130. The standard InChI is InChI=1S/C14H23N3O2S/c1-11-4-5-14(8-12(11)9-15-2)20(18,19)16-13-6-7-17(3)10-13/h4-5,8,13,15-16H,6-7,9-10H2,1-3H3. The summed E-state index contributed by atoms with van der Waals surface area (Å²) >= 11 is 0. The summed E-state index contributed by atoms with van der Waals surface area (Å²) in [6, 6.07) is 5.31. The van der Waals surface area contributed by atoms with E-state index in [-0.39, 0.29) is 6.04 Å². The van der Waals surface area contributed by atoms with Gasteiger partial charge >= 0.3 is 0 Å². The van der Waals surface area contributed by atoms with Gasteiger partial charge in [0.05, 0.1) is 4.90 Å². The Kier molecular flexibility index (Phi) is 4.80. The van der Waals surface area contributed by atoms with E-state index in [1.165, 1.54) is 0 Å². The molecule has 6 heteroatoms. The lowest BCUT2D eigenvalue weighted by molar-refractivity contribution is 0.407. The summed E-state index contributed by atoms with van der Waals surface area (Å²) in [7, 11) is 0.430. The van der Waals surface area contributed by atoms with Crippen LogP contribution in [0.2, 0.25) is 0 Å². The van der Waals surface area contributed by atoms with Crippen LogP contribution in [0.4, 0.5) is 0 Å². The van der Waals surface area contributed by atoms with E-state index in [1.807, 2.05) is 27.1 Å². The Hall–Kier alpha value is -0.950. The maximum atomic E-state index is 12.4. The molecule has 2 rings (SSSR count). The molecule has 1 heterocycles. The van der Waals surface area contributed by atoms with Gasteiger partial charge in [-0.25, -0.2) is 13.1 Å². The topological polar surface area (TPSA) is 61.4 Å². The highest BCUT2D eigenvalue weighted by atomic mass is 32.2. The van der Waals surface area contributed by atoms with E-state index in [4.69, 9.17) is 0 Å². The number of likely N-dealkylation sites (tertiary alicyclic amines) is 1. The van der Waals surface area contributed by atoms with Gasteiger partial charge in [-0.05, 0) is 57.2 Å². The second-order valence-corrected chi connectivity index (χ2v) is 7.20. The molecule has 0 spiro atoms. The van der Waals surface area contributed by atoms with Crippen LogP contribution in [-0.2, 0) is 16.6 Å². The van der Waals surface area contributed by atoms with Gasteiger partial charge in [-0.1, -0.05) is 6.07 Å². The number of benzene rings is 1. The molecule has 1 aliphatic rings. The number of hydrogen-bond donors (Lipinski definition) is 2. The molecule has 1 aliphatic heterocycles. The van der Waals surface area contributed by atoms with E-state index in [1.54, 1.807) is 12.1 Å². The van der Waals surface area contributed by atoms with Gasteiger partial charge < -0.3 is 10.2 Å². The van der Waals surface area contributed by atoms with Gasteiger partial charge in [0.15, 0.2) is 0 Å². The fraction of sp³-hybridized carbons (Fsp3) is 0.571. The Morgan fingerprint density at radius 1 is 1.40 bits per heavy atom. The zero-order chi connectivity index (χ0) is 14.8. The van der Waals surface area contributed by atoms with Crippen molar-refractivity contribution < 1.29 is 8.42 Å². The molecule has 0 radical (unpaired) electrons. The quantitative estimate of drug-likeness (QED) is 0.840. The third-order valence-electron chi connectivity index (χ3n) is 3.71. The van der Waals surface area contributed by atoms with E-state index in [0.717, 1.165) is 30.6 Å². The van der Waals surface area contributed by atoms with E-state index < -0.39 is 10.0 Å². The SMILES string of the molecule is CNCc1cc(S(=O)(=O)NC2CCN(C)C2)ccc1C. The average molecular weight is 297 g/mol. The van der Waals surface area contributed by atoms with Gasteiger partial charge in [-0.15, -0.1) is 0 Å². The molecule has 0 saturated carbocycles. The summed E-state index contributed by atoms with van der Waals surface area (Å²) in [4.78, 5) is 2.48. The van der Waals surface area contributed by atoms with E-state index in [0.29, 0.717) is 11.4 Å². The largest absolute Gasteiger partial charge is 0.316 e. The second-order valence-electron chi connectivity index (χ2n) is 5.49. The zero-order valence-electron chi connectivity index (χ0n) is 12.3. The highest BCUT2D eigenvalue weighted by Crippen LogP contribution is 2.17. The van der Waals surface area contributed by atoms with Gasteiger partial charge in [0.1, 0.15) is 0 Å². The van der Waals surface area contributed by atoms with E-state index in [9.17, 15) is 8.42 Å². The summed E-state index contributed by atoms with van der Waals surface area (Å²) in [5.41, 5.74) is 2.11. The lowest BCUT2D eigenvalue weighted by Crippen LogP contribution is -2.36. The minimum atomic E-state index is -3.43. The fourth-order valence-electron chi connectivity index (χ4n) is 2.51. The number of nitrogens with one attached hydrogen (secondary N) is 2. The van der Waals surface area contributed by atoms with Crippen molar-refractivity contribution in [1.29, 1.82) is 0 Å². The molecule has 112 valence electrons. The third kappa shape index (κ3) is 3.58. The summed E-state index contributed by atoms with van der Waals surface area (Å²) in [6.07, 6.45) is 0.866. The first kappa shape index (κ1) is 15.4. The summed E-state index contributed by atoms with van der Waals surface area (Å²) in [5.74, 6) is 0. The highest BCUT2D eigenvalue weighted by Gasteiger charge is 2.25. The van der Waals surface area contributed by atoms with Crippen molar-refractivity contribution in [3.63, 3.8) is 0 Å². The average Bonchev–Trinajstić information content (AvgIpc) is 2.77. The lowest BCUT2D eigenvalue weighted by atomic mass is 10.1. The van der Waals surface area contributed by atoms with Crippen molar-refractivity contribution in [2.24, 2.45) is 0 Å². The molecule has 1 saturated heterocycles. The van der Waals surface area contributed by atoms with Crippen molar-refractivity contribution in [3.8, 4) is 0 Å². The number of aryl methyl sites for hydroxylation is 1. The van der Waals surface area contributed by atoms with Crippen LogP contribution in [0.1, 0.15) is 17.5 Å². The van der Waals surface area contributed by atoms with Crippen LogP contribution < -0.4 is 10.0 Å². The lowest BCUT2D eigenvalue weighted by Gasteiger charge is -2.14. The number of nitrogens with zero attached hydrogens (tertiary/aromatic N) is 1. The molecule has 2 N–H and O–H groups in total. The molecule has 0 aromatic heterocycles. The molecule has 0 bridgehead atoms. The van der Waals surface area contributed by atoms with E-state index in [2.05, 4.69) is 14.9 Å². The predicted octanol–water partition coefficient (Wildman–Crippen LogP) is 0.697. The summed E-state index contributed by atoms with van der Waals surface area (Å²) in [6.45, 7) is 4.37. The van der Waals surface area contributed by atoms with Crippen molar-refractivity contribution in [3.05, 3.63) is 29.3 Å². The first-order valence-corrected chi connectivity index (χ1v) is 8.35.